The second-order valence-electron chi connectivity index (χ2n) is 16.3. The molecule has 0 radical (unpaired) electrons. The number of rotatable bonds is 5. The summed E-state index contributed by atoms with van der Waals surface area (Å²) in [5.74, 6) is 2.41. The van der Waals surface area contributed by atoms with E-state index in [0.29, 0.717) is 0 Å². The molecule has 0 amide bonds. The van der Waals surface area contributed by atoms with E-state index in [1.807, 2.05) is 18.3 Å². The molecule has 0 saturated carbocycles. The van der Waals surface area contributed by atoms with E-state index in [-0.39, 0.29) is 10.8 Å². The van der Waals surface area contributed by atoms with E-state index in [2.05, 4.69) is 159 Å². The van der Waals surface area contributed by atoms with Crippen LogP contribution in [0.25, 0.3) is 44.4 Å². The van der Waals surface area contributed by atoms with E-state index in [0.717, 1.165) is 45.1 Å². The third kappa shape index (κ3) is 5.83. The first-order valence-corrected chi connectivity index (χ1v) is 18.0. The van der Waals surface area contributed by atoms with Crippen LogP contribution in [0.15, 0.2) is 85.1 Å². The van der Waals surface area contributed by atoms with Gasteiger partial charge in [0.05, 0.1) is 28.1 Å². The second kappa shape index (κ2) is 12.3. The Hall–Kier alpha value is -5.16. The average Bonchev–Trinajstić information content (AvgIpc) is 3.64. The number of aromatic nitrogens is 4. The standard InChI is InChI=1S/C46H50N4O/c1-27-22-23-47-40(24-27)49-38-19-14-13-18-36(38)37-21-20-35(26-39(37)49)51-34-17-15-16-33(25-34)50-44(46(10,11)12)42(43(48-50)45(7,8)9)41-31(5)29(3)28(2)30(4)32(41)6/h13-26H,1-12H3. The molecule has 4 aromatic carbocycles. The van der Waals surface area contributed by atoms with Gasteiger partial charge in [-0.15, -0.1) is 0 Å². The third-order valence-electron chi connectivity index (χ3n) is 10.6. The number of fused-ring (bicyclic) bond motifs is 3. The van der Waals surface area contributed by atoms with E-state index in [1.165, 1.54) is 55.6 Å². The SMILES string of the molecule is Cc1ccnc(-n2c3ccccc3c3ccc(Oc4cccc(-n5nc(C(C)(C)C)c(-c6c(C)c(C)c(C)c(C)c6C)c5C(C)(C)C)c4)cc32)c1. The fourth-order valence-electron chi connectivity index (χ4n) is 7.65. The molecule has 0 saturated heterocycles. The zero-order valence-electron chi connectivity index (χ0n) is 32.3. The van der Waals surface area contributed by atoms with Crippen molar-refractivity contribution >= 4 is 21.8 Å². The summed E-state index contributed by atoms with van der Waals surface area (Å²) in [7, 11) is 0. The summed E-state index contributed by atoms with van der Waals surface area (Å²) >= 11 is 0. The van der Waals surface area contributed by atoms with Gasteiger partial charge in [-0.05, 0) is 123 Å². The predicted molar refractivity (Wildman–Crippen MR) is 213 cm³/mol. The Labute approximate surface area is 302 Å². The highest BCUT2D eigenvalue weighted by Crippen LogP contribution is 2.46. The van der Waals surface area contributed by atoms with Gasteiger partial charge in [-0.1, -0.05) is 65.8 Å². The number of aryl methyl sites for hydroxylation is 1. The van der Waals surface area contributed by atoms with E-state index in [9.17, 15) is 0 Å². The molecule has 0 spiro atoms. The number of ether oxygens (including phenoxy) is 1. The van der Waals surface area contributed by atoms with Crippen molar-refractivity contribution in [3.8, 4) is 34.1 Å². The van der Waals surface area contributed by atoms with Gasteiger partial charge in [0.15, 0.2) is 0 Å². The Kier molecular flexibility index (Phi) is 8.24. The molecule has 0 aliphatic heterocycles. The van der Waals surface area contributed by atoms with Crippen LogP contribution in [0.4, 0.5) is 0 Å². The minimum absolute atomic E-state index is 0.180. The van der Waals surface area contributed by atoms with Crippen LogP contribution in [0.1, 0.15) is 86.3 Å². The number of hydrogen-bond acceptors (Lipinski definition) is 3. The van der Waals surface area contributed by atoms with Crippen LogP contribution >= 0.6 is 0 Å². The summed E-state index contributed by atoms with van der Waals surface area (Å²) in [6.45, 7) is 27.1. The van der Waals surface area contributed by atoms with E-state index in [1.54, 1.807) is 0 Å². The minimum Gasteiger partial charge on any atom is -0.457 e. The van der Waals surface area contributed by atoms with Crippen molar-refractivity contribution in [3.05, 3.63) is 130 Å². The summed E-state index contributed by atoms with van der Waals surface area (Å²) in [5.41, 5.74) is 15.6. The first-order valence-electron chi connectivity index (χ1n) is 18.0. The van der Waals surface area contributed by atoms with E-state index >= 15 is 0 Å². The van der Waals surface area contributed by atoms with Crippen molar-refractivity contribution in [2.24, 2.45) is 0 Å². The van der Waals surface area contributed by atoms with Gasteiger partial charge in [0.1, 0.15) is 17.3 Å². The minimum atomic E-state index is -0.198. The van der Waals surface area contributed by atoms with Crippen LogP contribution in [0.3, 0.4) is 0 Å². The Morgan fingerprint density at radius 2 is 1.22 bits per heavy atom. The normalized spacial score (nSPS) is 12.3. The fraction of sp³-hybridized carbons (Fsp3) is 0.304. The van der Waals surface area contributed by atoms with Crippen LogP contribution in [0.5, 0.6) is 11.5 Å². The number of benzene rings is 4. The van der Waals surface area contributed by atoms with Gasteiger partial charge in [-0.3, -0.25) is 4.57 Å². The lowest BCUT2D eigenvalue weighted by atomic mass is 9.77. The Bertz CT molecular complexity index is 2450. The maximum atomic E-state index is 6.68. The molecule has 51 heavy (non-hydrogen) atoms. The van der Waals surface area contributed by atoms with Gasteiger partial charge >= 0.3 is 0 Å². The van der Waals surface area contributed by atoms with Gasteiger partial charge in [0.25, 0.3) is 0 Å². The third-order valence-corrected chi connectivity index (χ3v) is 10.6. The first kappa shape index (κ1) is 34.3. The number of pyridine rings is 1. The van der Waals surface area contributed by atoms with Crippen molar-refractivity contribution in [2.75, 3.05) is 0 Å². The summed E-state index contributed by atoms with van der Waals surface area (Å²) < 4.78 is 11.1. The zero-order chi connectivity index (χ0) is 36.6. The quantitative estimate of drug-likeness (QED) is 0.182. The van der Waals surface area contributed by atoms with Gasteiger partial charge in [-0.2, -0.15) is 5.10 Å². The molecule has 260 valence electrons. The van der Waals surface area contributed by atoms with Crippen molar-refractivity contribution in [3.63, 3.8) is 0 Å². The zero-order valence-corrected chi connectivity index (χ0v) is 32.3. The lowest BCUT2D eigenvalue weighted by molar-refractivity contribution is 0.482. The van der Waals surface area contributed by atoms with Crippen LogP contribution in [0, 0.1) is 41.5 Å². The molecule has 3 heterocycles. The van der Waals surface area contributed by atoms with Gasteiger partial charge in [0, 0.05) is 45.5 Å². The monoisotopic (exact) mass is 674 g/mol. The molecule has 0 aliphatic carbocycles. The van der Waals surface area contributed by atoms with Crippen LogP contribution < -0.4 is 4.74 Å². The van der Waals surface area contributed by atoms with Crippen molar-refractivity contribution in [2.45, 2.75) is 93.9 Å². The van der Waals surface area contributed by atoms with Crippen molar-refractivity contribution in [1.29, 1.82) is 0 Å². The second-order valence-corrected chi connectivity index (χ2v) is 16.3. The smallest absolute Gasteiger partial charge is 0.137 e. The fourth-order valence-corrected chi connectivity index (χ4v) is 7.65. The number of nitrogens with zero attached hydrogens (tertiary/aromatic N) is 4. The van der Waals surface area contributed by atoms with E-state index < -0.39 is 0 Å². The average molecular weight is 675 g/mol. The maximum Gasteiger partial charge on any atom is 0.137 e. The summed E-state index contributed by atoms with van der Waals surface area (Å²) in [6.07, 6.45) is 1.87. The van der Waals surface area contributed by atoms with Crippen molar-refractivity contribution < 1.29 is 4.74 Å². The topological polar surface area (TPSA) is 44.9 Å². The van der Waals surface area contributed by atoms with Crippen LogP contribution in [0.2, 0.25) is 0 Å². The molecular weight excluding hydrogens is 625 g/mol. The molecule has 0 bridgehead atoms. The highest BCUT2D eigenvalue weighted by molar-refractivity contribution is 6.09. The molecule has 5 heteroatoms. The molecular formula is C46H50N4O. The van der Waals surface area contributed by atoms with Crippen molar-refractivity contribution in [1.82, 2.24) is 19.3 Å². The van der Waals surface area contributed by atoms with E-state index in [4.69, 9.17) is 14.8 Å². The summed E-state index contributed by atoms with van der Waals surface area (Å²) in [5, 5.41) is 7.83. The van der Waals surface area contributed by atoms with Crippen LogP contribution in [-0.2, 0) is 10.8 Å². The molecule has 3 aromatic heterocycles. The first-order chi connectivity index (χ1) is 24.1. The van der Waals surface area contributed by atoms with Gasteiger partial charge < -0.3 is 4.74 Å². The number of hydrogen-bond donors (Lipinski definition) is 0. The summed E-state index contributed by atoms with van der Waals surface area (Å²) in [4.78, 5) is 4.75. The predicted octanol–water partition coefficient (Wildman–Crippen LogP) is 12.3. The van der Waals surface area contributed by atoms with Crippen LogP contribution in [-0.4, -0.2) is 19.3 Å². The molecule has 0 N–H and O–H groups in total. The Morgan fingerprint density at radius 1 is 0.569 bits per heavy atom. The molecule has 0 aliphatic rings. The molecule has 5 nitrogen and oxygen atoms in total. The highest BCUT2D eigenvalue weighted by Gasteiger charge is 2.35. The molecule has 7 rings (SSSR count). The largest absolute Gasteiger partial charge is 0.457 e. The molecule has 7 aromatic rings. The lowest BCUT2D eigenvalue weighted by Gasteiger charge is -2.27. The Morgan fingerprint density at radius 3 is 1.88 bits per heavy atom. The number of para-hydroxylation sites is 1. The molecule has 0 atom stereocenters. The maximum absolute atomic E-state index is 6.68. The van der Waals surface area contributed by atoms with Gasteiger partial charge in [-0.25, -0.2) is 9.67 Å². The van der Waals surface area contributed by atoms with Gasteiger partial charge in [0.2, 0.25) is 0 Å². The highest BCUT2D eigenvalue weighted by atomic mass is 16.5. The molecule has 0 fully saturated rings. The Balaban J connectivity index is 1.39. The molecule has 0 unspecified atom stereocenters. The summed E-state index contributed by atoms with van der Waals surface area (Å²) in [6, 6.07) is 27.4. The lowest BCUT2D eigenvalue weighted by Crippen LogP contribution is -2.19.